The second kappa shape index (κ2) is 17.6. The summed E-state index contributed by atoms with van der Waals surface area (Å²) in [5.74, 6) is 0.677. The first kappa shape index (κ1) is 26.5. The fraction of sp³-hybridized carbons (Fsp3) is 0.960. The molecule has 0 radical (unpaired) electrons. The first-order chi connectivity index (χ1) is 12.9. The van der Waals surface area contributed by atoms with Crippen molar-refractivity contribution in [2.75, 3.05) is 0 Å². The van der Waals surface area contributed by atoms with Crippen molar-refractivity contribution in [2.24, 2.45) is 5.92 Å². The van der Waals surface area contributed by atoms with Crippen LogP contribution in [-0.4, -0.2) is 11.6 Å². The molecule has 27 heavy (non-hydrogen) atoms. The Morgan fingerprint density at radius 1 is 0.741 bits per heavy atom. The zero-order valence-corrected chi connectivity index (χ0v) is 19.4. The third kappa shape index (κ3) is 17.3. The van der Waals surface area contributed by atoms with Crippen molar-refractivity contribution in [3.8, 4) is 0 Å². The average Bonchev–Trinajstić information content (AvgIpc) is 2.62. The summed E-state index contributed by atoms with van der Waals surface area (Å²) < 4.78 is 5.80. The first-order valence-electron chi connectivity index (χ1n) is 12.2. The van der Waals surface area contributed by atoms with Gasteiger partial charge in [-0.25, -0.2) is 0 Å². The van der Waals surface area contributed by atoms with Gasteiger partial charge in [0.1, 0.15) is 5.60 Å². The minimum absolute atomic E-state index is 0.00117. The highest BCUT2D eigenvalue weighted by Crippen LogP contribution is 2.27. The van der Waals surface area contributed by atoms with Crippen molar-refractivity contribution >= 4 is 5.97 Å². The van der Waals surface area contributed by atoms with Crippen molar-refractivity contribution in [3.63, 3.8) is 0 Å². The van der Waals surface area contributed by atoms with E-state index in [-0.39, 0.29) is 11.6 Å². The fourth-order valence-corrected chi connectivity index (χ4v) is 3.97. The highest BCUT2D eigenvalue weighted by molar-refractivity contribution is 5.69. The van der Waals surface area contributed by atoms with E-state index in [9.17, 15) is 4.79 Å². The van der Waals surface area contributed by atoms with E-state index < -0.39 is 0 Å². The third-order valence-corrected chi connectivity index (χ3v) is 5.70. The van der Waals surface area contributed by atoms with Crippen LogP contribution in [0.15, 0.2) is 0 Å². The summed E-state index contributed by atoms with van der Waals surface area (Å²) in [5, 5.41) is 0. The van der Waals surface area contributed by atoms with E-state index in [4.69, 9.17) is 4.74 Å². The quantitative estimate of drug-likeness (QED) is 0.165. The van der Waals surface area contributed by atoms with Crippen LogP contribution in [0.1, 0.15) is 144 Å². The second-order valence-electron chi connectivity index (χ2n) is 9.14. The van der Waals surface area contributed by atoms with Gasteiger partial charge in [0, 0.05) is 6.42 Å². The van der Waals surface area contributed by atoms with Crippen molar-refractivity contribution < 1.29 is 9.53 Å². The van der Waals surface area contributed by atoms with Crippen LogP contribution in [0.2, 0.25) is 0 Å². The van der Waals surface area contributed by atoms with Crippen LogP contribution in [0.4, 0.5) is 0 Å². The Balaban J connectivity index is 3.69. The van der Waals surface area contributed by atoms with Gasteiger partial charge in [-0.15, -0.1) is 0 Å². The molecule has 2 heteroatoms. The lowest BCUT2D eigenvalue weighted by Gasteiger charge is -2.29. The molecule has 2 nitrogen and oxygen atoms in total. The normalized spacial score (nSPS) is 12.9. The third-order valence-electron chi connectivity index (χ3n) is 5.70. The van der Waals surface area contributed by atoms with Gasteiger partial charge in [0.25, 0.3) is 0 Å². The Hall–Kier alpha value is -0.530. The lowest BCUT2D eigenvalue weighted by atomic mass is 9.87. The maximum Gasteiger partial charge on any atom is 0.306 e. The lowest BCUT2D eigenvalue weighted by Crippen LogP contribution is -2.30. The van der Waals surface area contributed by atoms with Crippen molar-refractivity contribution in [1.29, 1.82) is 0 Å². The molecular weight excluding hydrogens is 332 g/mol. The van der Waals surface area contributed by atoms with Gasteiger partial charge < -0.3 is 4.74 Å². The average molecular weight is 383 g/mol. The molecule has 162 valence electrons. The number of unbranched alkanes of at least 4 members (excludes halogenated alkanes) is 11. The monoisotopic (exact) mass is 382 g/mol. The molecule has 1 unspecified atom stereocenters. The van der Waals surface area contributed by atoms with E-state index in [1.165, 1.54) is 89.9 Å². The van der Waals surface area contributed by atoms with Crippen molar-refractivity contribution in [2.45, 2.75) is 149 Å². The highest BCUT2D eigenvalue weighted by Gasteiger charge is 2.26. The van der Waals surface area contributed by atoms with Crippen LogP contribution in [0.3, 0.4) is 0 Å². The fourth-order valence-electron chi connectivity index (χ4n) is 3.97. The Labute approximate surface area is 171 Å². The van der Waals surface area contributed by atoms with Crippen LogP contribution in [0.25, 0.3) is 0 Å². The minimum Gasteiger partial charge on any atom is -0.460 e. The molecule has 0 amide bonds. The molecule has 0 spiro atoms. The Bertz CT molecular complexity index is 335. The number of carbonyl (C=O) groups excluding carboxylic acids is 1. The summed E-state index contributed by atoms with van der Waals surface area (Å²) in [7, 11) is 0. The number of ether oxygens (including phenoxy) is 1. The summed E-state index contributed by atoms with van der Waals surface area (Å²) in [6.45, 7) is 10.9. The standard InChI is InChI=1S/C25H50O2/c1-6-9-11-12-13-14-15-16-17-18-19-21-24(26)27-25(4,5)22-23(8-3)20-10-7-2/h23H,6-22H2,1-5H3. The van der Waals surface area contributed by atoms with Crippen LogP contribution < -0.4 is 0 Å². The molecule has 0 saturated heterocycles. The molecule has 0 N–H and O–H groups in total. The molecule has 0 heterocycles. The largest absolute Gasteiger partial charge is 0.460 e. The first-order valence-corrected chi connectivity index (χ1v) is 12.2. The second-order valence-corrected chi connectivity index (χ2v) is 9.14. The number of carbonyl (C=O) groups is 1. The van der Waals surface area contributed by atoms with Gasteiger partial charge in [0.05, 0.1) is 0 Å². The molecule has 0 fully saturated rings. The van der Waals surface area contributed by atoms with E-state index in [0.717, 1.165) is 12.8 Å². The molecule has 0 bridgehead atoms. The predicted molar refractivity (Wildman–Crippen MR) is 119 cm³/mol. The van der Waals surface area contributed by atoms with Gasteiger partial charge in [0.2, 0.25) is 0 Å². The van der Waals surface area contributed by atoms with Gasteiger partial charge in [-0.3, -0.25) is 4.79 Å². The highest BCUT2D eigenvalue weighted by atomic mass is 16.6. The van der Waals surface area contributed by atoms with E-state index in [2.05, 4.69) is 34.6 Å². The van der Waals surface area contributed by atoms with Gasteiger partial charge in [-0.05, 0) is 32.6 Å². The van der Waals surface area contributed by atoms with Crippen molar-refractivity contribution in [3.05, 3.63) is 0 Å². The number of hydrogen-bond donors (Lipinski definition) is 0. The molecule has 0 saturated carbocycles. The number of esters is 1. The summed E-state index contributed by atoms with van der Waals surface area (Å²) in [5.41, 5.74) is -0.316. The topological polar surface area (TPSA) is 26.3 Å². The predicted octanol–water partition coefficient (Wildman–Crippen LogP) is 8.62. The Morgan fingerprint density at radius 2 is 1.22 bits per heavy atom. The van der Waals surface area contributed by atoms with E-state index >= 15 is 0 Å². The molecule has 0 aliphatic carbocycles. The maximum absolute atomic E-state index is 12.2. The SMILES string of the molecule is CCCCCCCCCCCCCC(=O)OC(C)(C)CC(CC)CCCC. The van der Waals surface area contributed by atoms with Gasteiger partial charge in [-0.1, -0.05) is 111 Å². The van der Waals surface area contributed by atoms with Crippen molar-refractivity contribution in [1.82, 2.24) is 0 Å². The van der Waals surface area contributed by atoms with E-state index in [1.807, 2.05) is 0 Å². The van der Waals surface area contributed by atoms with Crippen LogP contribution in [0, 0.1) is 5.92 Å². The van der Waals surface area contributed by atoms with Crippen LogP contribution >= 0.6 is 0 Å². The molecule has 0 aromatic heterocycles. The minimum atomic E-state index is -0.316. The summed E-state index contributed by atoms with van der Waals surface area (Å²) >= 11 is 0. The summed E-state index contributed by atoms with van der Waals surface area (Å²) in [6.07, 6.45) is 21.0. The van der Waals surface area contributed by atoms with Gasteiger partial charge in [-0.2, -0.15) is 0 Å². The Morgan fingerprint density at radius 3 is 1.70 bits per heavy atom. The molecule has 0 aromatic rings. The zero-order chi connectivity index (χ0) is 20.4. The van der Waals surface area contributed by atoms with Gasteiger partial charge in [0.15, 0.2) is 0 Å². The Kier molecular flexibility index (Phi) is 17.2. The zero-order valence-electron chi connectivity index (χ0n) is 19.4. The molecule has 0 aliphatic heterocycles. The maximum atomic E-state index is 12.2. The number of hydrogen-bond acceptors (Lipinski definition) is 2. The molecule has 0 rings (SSSR count). The molecule has 0 aliphatic rings. The molecular formula is C25H50O2. The smallest absolute Gasteiger partial charge is 0.306 e. The summed E-state index contributed by atoms with van der Waals surface area (Å²) in [4.78, 5) is 12.2. The lowest BCUT2D eigenvalue weighted by molar-refractivity contribution is -0.158. The van der Waals surface area contributed by atoms with E-state index in [0.29, 0.717) is 12.3 Å². The van der Waals surface area contributed by atoms with Gasteiger partial charge >= 0.3 is 5.97 Å². The molecule has 1 atom stereocenters. The van der Waals surface area contributed by atoms with E-state index in [1.54, 1.807) is 0 Å². The molecule has 0 aromatic carbocycles. The summed E-state index contributed by atoms with van der Waals surface area (Å²) in [6, 6.07) is 0. The van der Waals surface area contributed by atoms with Crippen LogP contribution in [0.5, 0.6) is 0 Å². The number of rotatable bonds is 19. The van der Waals surface area contributed by atoms with Crippen LogP contribution in [-0.2, 0) is 9.53 Å².